The summed E-state index contributed by atoms with van der Waals surface area (Å²) in [6.45, 7) is 0.354. The molecule has 0 radical (unpaired) electrons. The summed E-state index contributed by atoms with van der Waals surface area (Å²) >= 11 is 0. The molecule has 0 aromatic heterocycles. The molecule has 1 aromatic carbocycles. The first-order chi connectivity index (χ1) is 9.37. The van der Waals surface area contributed by atoms with Gasteiger partial charge in [-0.25, -0.2) is 5.43 Å². The number of nitrogens with zero attached hydrogens (tertiary/aromatic N) is 2. The molecule has 0 saturated heterocycles. The van der Waals surface area contributed by atoms with E-state index in [2.05, 4.69) is 10.5 Å². The number of hydrogen-bond acceptors (Lipinski definition) is 4. The van der Waals surface area contributed by atoms with Gasteiger partial charge in [-0.2, -0.15) is 5.10 Å². The molecular weight excluding hydrogens is 258 g/mol. The van der Waals surface area contributed by atoms with E-state index in [0.717, 1.165) is 5.56 Å². The van der Waals surface area contributed by atoms with Crippen molar-refractivity contribution < 1.29 is 18.8 Å². The summed E-state index contributed by atoms with van der Waals surface area (Å²) in [7, 11) is 8.95. The lowest BCUT2D eigenvalue weighted by Gasteiger charge is -2.22. The van der Waals surface area contributed by atoms with Crippen LogP contribution in [0.25, 0.3) is 0 Å². The zero-order chi connectivity index (χ0) is 15.2. The van der Waals surface area contributed by atoms with Gasteiger partial charge in [0.15, 0.2) is 18.0 Å². The zero-order valence-corrected chi connectivity index (χ0v) is 12.6. The van der Waals surface area contributed by atoms with Crippen molar-refractivity contribution >= 4 is 12.1 Å². The van der Waals surface area contributed by atoms with Crippen LogP contribution in [0.2, 0.25) is 0 Å². The molecule has 0 heterocycles. The maximum atomic E-state index is 11.6. The standard InChI is InChI=1S/C14H21N3O3/c1-17(2,3)10-13(18)16-15-9-11-7-6-8-12(19-4)14(11)20-5/h6-9H,10H2,1-5H3/p+1. The third kappa shape index (κ3) is 4.89. The van der Waals surface area contributed by atoms with E-state index in [0.29, 0.717) is 22.5 Å². The second kappa shape index (κ2) is 6.91. The van der Waals surface area contributed by atoms with Crippen molar-refractivity contribution in [2.24, 2.45) is 5.10 Å². The minimum absolute atomic E-state index is 0.143. The van der Waals surface area contributed by atoms with Crippen molar-refractivity contribution in [3.05, 3.63) is 23.8 Å². The van der Waals surface area contributed by atoms with Gasteiger partial charge in [-0.3, -0.25) is 4.79 Å². The number of amides is 1. The van der Waals surface area contributed by atoms with Crippen LogP contribution in [0.5, 0.6) is 11.5 Å². The SMILES string of the molecule is COc1cccc(C=NNC(=O)C[N+](C)(C)C)c1OC. The highest BCUT2D eigenvalue weighted by Crippen LogP contribution is 2.29. The number of carbonyl (C=O) groups excluding carboxylic acids is 1. The quantitative estimate of drug-likeness (QED) is 0.477. The summed E-state index contributed by atoms with van der Waals surface area (Å²) < 4.78 is 11.0. The molecule has 0 aliphatic carbocycles. The Morgan fingerprint density at radius 2 is 2.00 bits per heavy atom. The molecule has 0 unspecified atom stereocenters. The Morgan fingerprint density at radius 1 is 1.30 bits per heavy atom. The number of carbonyl (C=O) groups is 1. The fourth-order valence-corrected chi connectivity index (χ4v) is 1.65. The predicted molar refractivity (Wildman–Crippen MR) is 78.2 cm³/mol. The van der Waals surface area contributed by atoms with E-state index in [1.807, 2.05) is 33.3 Å². The summed E-state index contributed by atoms with van der Waals surface area (Å²) in [4.78, 5) is 11.6. The Labute approximate surface area is 119 Å². The van der Waals surface area contributed by atoms with Gasteiger partial charge in [-0.1, -0.05) is 6.07 Å². The Kier molecular flexibility index (Phi) is 5.52. The molecule has 0 aliphatic rings. The number of hydrazone groups is 1. The molecule has 20 heavy (non-hydrogen) atoms. The van der Waals surface area contributed by atoms with Gasteiger partial charge < -0.3 is 14.0 Å². The van der Waals surface area contributed by atoms with Gasteiger partial charge in [0.2, 0.25) is 0 Å². The fraction of sp³-hybridized carbons (Fsp3) is 0.429. The lowest BCUT2D eigenvalue weighted by Crippen LogP contribution is -2.43. The van der Waals surface area contributed by atoms with Gasteiger partial charge in [0.05, 0.1) is 41.6 Å². The maximum Gasteiger partial charge on any atom is 0.295 e. The third-order valence-electron chi connectivity index (χ3n) is 2.44. The second-order valence-electron chi connectivity index (χ2n) is 5.32. The van der Waals surface area contributed by atoms with E-state index in [1.165, 1.54) is 6.21 Å². The van der Waals surface area contributed by atoms with E-state index in [-0.39, 0.29) is 5.91 Å². The van der Waals surface area contributed by atoms with Crippen molar-refractivity contribution in [3.63, 3.8) is 0 Å². The van der Waals surface area contributed by atoms with Crippen LogP contribution in [0.4, 0.5) is 0 Å². The average molecular weight is 280 g/mol. The maximum absolute atomic E-state index is 11.6. The zero-order valence-electron chi connectivity index (χ0n) is 12.6. The molecule has 0 atom stereocenters. The first-order valence-electron chi connectivity index (χ1n) is 6.20. The van der Waals surface area contributed by atoms with Crippen LogP contribution in [0.15, 0.2) is 23.3 Å². The molecule has 0 spiro atoms. The lowest BCUT2D eigenvalue weighted by molar-refractivity contribution is -0.862. The molecule has 1 rings (SSSR count). The number of para-hydroxylation sites is 1. The number of methoxy groups -OCH3 is 2. The predicted octanol–water partition coefficient (Wildman–Crippen LogP) is 0.860. The molecule has 0 saturated carbocycles. The highest BCUT2D eigenvalue weighted by atomic mass is 16.5. The number of nitrogens with one attached hydrogen (secondary N) is 1. The topological polar surface area (TPSA) is 59.9 Å². The average Bonchev–Trinajstić information content (AvgIpc) is 2.36. The summed E-state index contributed by atoms with van der Waals surface area (Å²) in [6.07, 6.45) is 1.54. The van der Waals surface area contributed by atoms with Crippen molar-refractivity contribution in [2.75, 3.05) is 41.9 Å². The van der Waals surface area contributed by atoms with Gasteiger partial charge >= 0.3 is 0 Å². The van der Waals surface area contributed by atoms with Crippen LogP contribution < -0.4 is 14.9 Å². The van der Waals surface area contributed by atoms with Crippen molar-refractivity contribution in [2.45, 2.75) is 0 Å². The summed E-state index contributed by atoms with van der Waals surface area (Å²) in [5.41, 5.74) is 3.23. The highest BCUT2D eigenvalue weighted by Gasteiger charge is 2.13. The van der Waals surface area contributed by atoms with Crippen LogP contribution in [-0.4, -0.2) is 58.5 Å². The van der Waals surface area contributed by atoms with E-state index in [9.17, 15) is 4.79 Å². The first-order valence-corrected chi connectivity index (χ1v) is 6.20. The Hall–Kier alpha value is -2.08. The summed E-state index contributed by atoms with van der Waals surface area (Å²) in [5.74, 6) is 1.06. The largest absolute Gasteiger partial charge is 0.493 e. The molecule has 1 N–H and O–H groups in total. The highest BCUT2D eigenvalue weighted by molar-refractivity contribution is 5.86. The molecule has 110 valence electrons. The van der Waals surface area contributed by atoms with E-state index >= 15 is 0 Å². The number of ether oxygens (including phenoxy) is 2. The minimum atomic E-state index is -0.143. The van der Waals surface area contributed by atoms with E-state index < -0.39 is 0 Å². The molecule has 1 aromatic rings. The van der Waals surface area contributed by atoms with Crippen molar-refractivity contribution in [1.29, 1.82) is 0 Å². The monoisotopic (exact) mass is 280 g/mol. The normalized spacial score (nSPS) is 11.4. The first kappa shape index (κ1) is 16.0. The Balaban J connectivity index is 2.74. The molecule has 0 aliphatic heterocycles. The van der Waals surface area contributed by atoms with Gasteiger partial charge in [0.25, 0.3) is 5.91 Å². The molecule has 0 fully saturated rings. The van der Waals surface area contributed by atoms with Gasteiger partial charge in [-0.05, 0) is 12.1 Å². The Morgan fingerprint density at radius 3 is 2.55 bits per heavy atom. The Bertz CT molecular complexity index is 493. The number of rotatable bonds is 6. The number of likely N-dealkylation sites (N-methyl/N-ethyl adjacent to an activating group) is 1. The van der Waals surface area contributed by atoms with Crippen molar-refractivity contribution in [3.8, 4) is 11.5 Å². The van der Waals surface area contributed by atoms with Gasteiger partial charge in [-0.15, -0.1) is 0 Å². The fourth-order valence-electron chi connectivity index (χ4n) is 1.65. The van der Waals surface area contributed by atoms with Crippen molar-refractivity contribution in [1.82, 2.24) is 5.43 Å². The van der Waals surface area contributed by atoms with Gasteiger partial charge in [0, 0.05) is 5.56 Å². The van der Waals surface area contributed by atoms with Crippen LogP contribution in [0, 0.1) is 0 Å². The summed E-state index contributed by atoms with van der Waals surface area (Å²) in [5, 5.41) is 3.94. The molecule has 1 amide bonds. The van der Waals surface area contributed by atoms with Crippen LogP contribution >= 0.6 is 0 Å². The molecule has 6 heteroatoms. The third-order valence-corrected chi connectivity index (χ3v) is 2.44. The summed E-state index contributed by atoms with van der Waals surface area (Å²) in [6, 6.07) is 5.46. The second-order valence-corrected chi connectivity index (χ2v) is 5.32. The molecular formula is C14H22N3O3+. The lowest BCUT2D eigenvalue weighted by atomic mass is 10.2. The molecule has 6 nitrogen and oxygen atoms in total. The van der Waals surface area contributed by atoms with Crippen LogP contribution in [0.1, 0.15) is 5.56 Å². The minimum Gasteiger partial charge on any atom is -0.493 e. The van der Waals surface area contributed by atoms with E-state index in [4.69, 9.17) is 9.47 Å². The molecule has 0 bridgehead atoms. The smallest absolute Gasteiger partial charge is 0.295 e. The van der Waals surface area contributed by atoms with Gasteiger partial charge in [0.1, 0.15) is 0 Å². The van der Waals surface area contributed by atoms with E-state index in [1.54, 1.807) is 20.3 Å². The van der Waals surface area contributed by atoms with Crippen LogP contribution in [0.3, 0.4) is 0 Å². The van der Waals surface area contributed by atoms with Crippen LogP contribution in [-0.2, 0) is 4.79 Å². The number of quaternary nitrogens is 1. The number of hydrogen-bond donors (Lipinski definition) is 1. The number of benzene rings is 1.